The van der Waals surface area contributed by atoms with Crippen LogP contribution in [0.15, 0.2) is 18.2 Å². The highest BCUT2D eigenvalue weighted by molar-refractivity contribution is 5.64. The highest BCUT2D eigenvalue weighted by Crippen LogP contribution is 2.12. The lowest BCUT2D eigenvalue weighted by molar-refractivity contribution is 0.153. The number of rotatable bonds is 2. The molecule has 0 unspecified atom stereocenters. The predicted octanol–water partition coefficient (Wildman–Crippen LogP) is 2.09. The third kappa shape index (κ3) is 2.75. The Balaban J connectivity index is 2.94. The maximum Gasteiger partial charge on any atom is 0.407 e. The topological polar surface area (TPSA) is 40.5 Å². The van der Waals surface area contributed by atoms with Crippen molar-refractivity contribution in [2.75, 3.05) is 7.05 Å². The first kappa shape index (κ1) is 11.1. The Kier molecular flexibility index (Phi) is 3.35. The fourth-order valence-corrected chi connectivity index (χ4v) is 1.25. The van der Waals surface area contributed by atoms with Gasteiger partial charge in [-0.2, -0.15) is 0 Å². The number of terminal acetylenes is 1. The van der Waals surface area contributed by atoms with Crippen LogP contribution in [0.1, 0.15) is 16.7 Å². The molecule has 1 amide bonds. The Morgan fingerprint density at radius 1 is 1.60 bits per heavy atom. The van der Waals surface area contributed by atoms with Gasteiger partial charge in [0.2, 0.25) is 0 Å². The van der Waals surface area contributed by atoms with E-state index in [1.807, 2.05) is 25.1 Å². The van der Waals surface area contributed by atoms with Crippen LogP contribution in [0.3, 0.4) is 0 Å². The van der Waals surface area contributed by atoms with Gasteiger partial charge in [-0.3, -0.25) is 0 Å². The number of hydrogen-bond donors (Lipinski definition) is 1. The third-order valence-corrected chi connectivity index (χ3v) is 2.25. The smallest absolute Gasteiger partial charge is 0.407 e. The molecule has 1 aromatic rings. The van der Waals surface area contributed by atoms with Gasteiger partial charge in [-0.15, -0.1) is 6.42 Å². The molecule has 0 saturated carbocycles. The second-order valence-electron chi connectivity index (χ2n) is 3.42. The SMILES string of the molecule is C#Cc1ccc(C)c(CN(C)C(=O)O)c1. The Morgan fingerprint density at radius 2 is 2.27 bits per heavy atom. The van der Waals surface area contributed by atoms with E-state index in [2.05, 4.69) is 5.92 Å². The minimum atomic E-state index is -0.944. The van der Waals surface area contributed by atoms with E-state index in [9.17, 15) is 4.79 Å². The molecule has 0 fully saturated rings. The van der Waals surface area contributed by atoms with Crippen molar-refractivity contribution in [3.05, 3.63) is 34.9 Å². The monoisotopic (exact) mass is 203 g/mol. The highest BCUT2D eigenvalue weighted by atomic mass is 16.4. The summed E-state index contributed by atoms with van der Waals surface area (Å²) < 4.78 is 0. The molecule has 0 heterocycles. The van der Waals surface area contributed by atoms with E-state index in [-0.39, 0.29) is 0 Å². The summed E-state index contributed by atoms with van der Waals surface area (Å²) in [5, 5.41) is 8.75. The van der Waals surface area contributed by atoms with Crippen LogP contribution in [0.5, 0.6) is 0 Å². The zero-order valence-corrected chi connectivity index (χ0v) is 8.82. The van der Waals surface area contributed by atoms with Gasteiger partial charge in [0.25, 0.3) is 0 Å². The minimum absolute atomic E-state index is 0.358. The van der Waals surface area contributed by atoms with Gasteiger partial charge < -0.3 is 10.0 Å². The standard InChI is InChI=1S/C12H13NO2/c1-4-10-6-5-9(2)11(7-10)8-13(3)12(14)15/h1,5-7H,8H2,2-3H3,(H,14,15). The molecule has 1 aromatic carbocycles. The fraction of sp³-hybridized carbons (Fsp3) is 0.250. The average Bonchev–Trinajstić information content (AvgIpc) is 2.21. The second-order valence-corrected chi connectivity index (χ2v) is 3.42. The molecule has 3 heteroatoms. The Bertz CT molecular complexity index is 418. The van der Waals surface area contributed by atoms with Crippen LogP contribution in [0.25, 0.3) is 0 Å². The number of carbonyl (C=O) groups is 1. The van der Waals surface area contributed by atoms with Crippen LogP contribution in [-0.2, 0) is 6.54 Å². The van der Waals surface area contributed by atoms with E-state index < -0.39 is 6.09 Å². The Morgan fingerprint density at radius 3 is 2.80 bits per heavy atom. The summed E-state index contributed by atoms with van der Waals surface area (Å²) >= 11 is 0. The van der Waals surface area contributed by atoms with E-state index in [0.29, 0.717) is 6.54 Å². The summed E-state index contributed by atoms with van der Waals surface area (Å²) in [5.41, 5.74) is 2.76. The summed E-state index contributed by atoms with van der Waals surface area (Å²) in [6.07, 6.45) is 4.34. The lowest BCUT2D eigenvalue weighted by atomic mass is 10.1. The number of amides is 1. The first-order valence-electron chi connectivity index (χ1n) is 4.55. The molecule has 0 aliphatic heterocycles. The van der Waals surface area contributed by atoms with Gasteiger partial charge in [0.1, 0.15) is 0 Å². The van der Waals surface area contributed by atoms with Gasteiger partial charge in [-0.1, -0.05) is 12.0 Å². The first-order valence-corrected chi connectivity index (χ1v) is 4.55. The number of nitrogens with zero attached hydrogens (tertiary/aromatic N) is 1. The molecule has 0 atom stereocenters. The second kappa shape index (κ2) is 4.52. The molecular weight excluding hydrogens is 190 g/mol. The molecule has 0 saturated heterocycles. The number of benzene rings is 1. The average molecular weight is 203 g/mol. The van der Waals surface area contributed by atoms with Crippen LogP contribution < -0.4 is 0 Å². The fourth-order valence-electron chi connectivity index (χ4n) is 1.25. The van der Waals surface area contributed by atoms with Crippen LogP contribution in [0.2, 0.25) is 0 Å². The normalized spacial score (nSPS) is 9.40. The summed E-state index contributed by atoms with van der Waals surface area (Å²) in [5.74, 6) is 2.53. The number of aryl methyl sites for hydroxylation is 1. The van der Waals surface area contributed by atoms with E-state index in [1.165, 1.54) is 11.9 Å². The molecule has 0 radical (unpaired) electrons. The molecule has 0 aliphatic carbocycles. The molecule has 15 heavy (non-hydrogen) atoms. The summed E-state index contributed by atoms with van der Waals surface area (Å²) in [4.78, 5) is 11.9. The molecule has 3 nitrogen and oxygen atoms in total. The molecule has 78 valence electrons. The molecule has 0 spiro atoms. The molecule has 0 aliphatic rings. The van der Waals surface area contributed by atoms with Crippen LogP contribution in [-0.4, -0.2) is 23.1 Å². The lowest BCUT2D eigenvalue weighted by Gasteiger charge is -2.14. The van der Waals surface area contributed by atoms with Gasteiger partial charge in [0.15, 0.2) is 0 Å². The highest BCUT2D eigenvalue weighted by Gasteiger charge is 2.08. The maximum absolute atomic E-state index is 10.7. The molecular formula is C12H13NO2. The van der Waals surface area contributed by atoms with Gasteiger partial charge >= 0.3 is 6.09 Å². The summed E-state index contributed by atoms with van der Waals surface area (Å²) in [6.45, 7) is 2.29. The van der Waals surface area contributed by atoms with Gasteiger partial charge in [0, 0.05) is 19.2 Å². The van der Waals surface area contributed by atoms with Crippen LogP contribution in [0.4, 0.5) is 4.79 Å². The van der Waals surface area contributed by atoms with E-state index in [0.717, 1.165) is 16.7 Å². The summed E-state index contributed by atoms with van der Waals surface area (Å²) in [7, 11) is 1.53. The molecule has 0 aromatic heterocycles. The van der Waals surface area contributed by atoms with Gasteiger partial charge in [0.05, 0.1) is 0 Å². The largest absolute Gasteiger partial charge is 0.465 e. The quantitative estimate of drug-likeness (QED) is 0.747. The van der Waals surface area contributed by atoms with E-state index in [1.54, 1.807) is 0 Å². The molecule has 1 rings (SSSR count). The Hall–Kier alpha value is -1.95. The van der Waals surface area contributed by atoms with Crippen LogP contribution in [0, 0.1) is 19.3 Å². The van der Waals surface area contributed by atoms with Crippen molar-refractivity contribution in [3.8, 4) is 12.3 Å². The molecule has 0 bridgehead atoms. The Labute approximate surface area is 89.3 Å². The van der Waals surface area contributed by atoms with Crippen molar-refractivity contribution in [2.24, 2.45) is 0 Å². The zero-order valence-electron chi connectivity index (χ0n) is 8.82. The lowest BCUT2D eigenvalue weighted by Crippen LogP contribution is -2.24. The number of carboxylic acid groups (broad SMARTS) is 1. The summed E-state index contributed by atoms with van der Waals surface area (Å²) in [6, 6.07) is 5.59. The third-order valence-electron chi connectivity index (χ3n) is 2.25. The van der Waals surface area contributed by atoms with Gasteiger partial charge in [-0.05, 0) is 30.2 Å². The molecule has 1 N–H and O–H groups in total. The van der Waals surface area contributed by atoms with Crippen molar-refractivity contribution in [1.82, 2.24) is 4.90 Å². The van der Waals surface area contributed by atoms with Crippen molar-refractivity contribution in [2.45, 2.75) is 13.5 Å². The van der Waals surface area contributed by atoms with Crippen molar-refractivity contribution in [3.63, 3.8) is 0 Å². The van der Waals surface area contributed by atoms with Crippen molar-refractivity contribution in [1.29, 1.82) is 0 Å². The zero-order chi connectivity index (χ0) is 11.4. The van der Waals surface area contributed by atoms with Crippen molar-refractivity contribution < 1.29 is 9.90 Å². The first-order chi connectivity index (χ1) is 7.04. The predicted molar refractivity (Wildman–Crippen MR) is 58.6 cm³/mol. The minimum Gasteiger partial charge on any atom is -0.465 e. The maximum atomic E-state index is 10.7. The van der Waals surface area contributed by atoms with Crippen LogP contribution >= 0.6 is 0 Å². The van der Waals surface area contributed by atoms with Gasteiger partial charge in [-0.25, -0.2) is 4.79 Å². The van der Waals surface area contributed by atoms with E-state index >= 15 is 0 Å². The van der Waals surface area contributed by atoms with E-state index in [4.69, 9.17) is 11.5 Å². The number of hydrogen-bond acceptors (Lipinski definition) is 1. The van der Waals surface area contributed by atoms with Crippen molar-refractivity contribution >= 4 is 6.09 Å².